The maximum absolute atomic E-state index is 14.2. The lowest BCUT2D eigenvalue weighted by atomic mass is 10.1. The van der Waals surface area contributed by atoms with Crippen molar-refractivity contribution in [3.63, 3.8) is 0 Å². The molecule has 0 bridgehead atoms. The Kier molecular flexibility index (Phi) is 11.6. The van der Waals surface area contributed by atoms with Crippen molar-refractivity contribution in [3.05, 3.63) is 83.4 Å². The Bertz CT molecular complexity index is 1470. The van der Waals surface area contributed by atoms with Crippen LogP contribution in [0, 0.1) is 0 Å². The molecule has 0 saturated carbocycles. The first-order chi connectivity index (χ1) is 20.1. The Morgan fingerprint density at radius 1 is 0.905 bits per heavy atom. The molecule has 0 fully saturated rings. The summed E-state index contributed by atoms with van der Waals surface area (Å²) in [6.45, 7) is 5.07. The van der Waals surface area contributed by atoms with Gasteiger partial charge in [-0.25, -0.2) is 8.42 Å². The molecule has 2 amide bonds. The number of hydrogen-bond donors (Lipinski definition) is 1. The van der Waals surface area contributed by atoms with E-state index in [0.717, 1.165) is 4.31 Å². The summed E-state index contributed by atoms with van der Waals surface area (Å²) in [6, 6.07) is 18.5. The molecule has 0 unspecified atom stereocenters. The average Bonchev–Trinajstić information content (AvgIpc) is 3.00. The van der Waals surface area contributed by atoms with E-state index in [-0.39, 0.29) is 29.1 Å². The summed E-state index contributed by atoms with van der Waals surface area (Å²) in [5.41, 5.74) is 0.825. The van der Waals surface area contributed by atoms with Gasteiger partial charge in [0.1, 0.15) is 12.6 Å². The molecule has 0 aliphatic carbocycles. The number of carbonyl (C=O) groups is 2. The van der Waals surface area contributed by atoms with Crippen molar-refractivity contribution in [1.29, 1.82) is 0 Å². The van der Waals surface area contributed by atoms with E-state index < -0.39 is 28.5 Å². The summed E-state index contributed by atoms with van der Waals surface area (Å²) in [5.74, 6) is -0.202. The van der Waals surface area contributed by atoms with Crippen LogP contribution >= 0.6 is 11.6 Å². The van der Waals surface area contributed by atoms with Crippen LogP contribution in [0.15, 0.2) is 77.7 Å². The average molecular weight is 616 g/mol. The van der Waals surface area contributed by atoms with Crippen molar-refractivity contribution >= 4 is 39.1 Å². The van der Waals surface area contributed by atoms with Crippen LogP contribution in [-0.4, -0.2) is 58.0 Å². The Morgan fingerprint density at radius 2 is 1.55 bits per heavy atom. The molecule has 3 rings (SSSR count). The third kappa shape index (κ3) is 7.74. The van der Waals surface area contributed by atoms with E-state index in [2.05, 4.69) is 5.32 Å². The lowest BCUT2D eigenvalue weighted by Crippen LogP contribution is -2.53. The van der Waals surface area contributed by atoms with Gasteiger partial charge in [0.2, 0.25) is 11.8 Å². The van der Waals surface area contributed by atoms with Crippen molar-refractivity contribution in [2.24, 2.45) is 0 Å². The smallest absolute Gasteiger partial charge is 0.264 e. The number of methoxy groups -OCH3 is 2. The zero-order valence-corrected chi connectivity index (χ0v) is 26.1. The largest absolute Gasteiger partial charge is 0.493 e. The molecule has 0 aliphatic heterocycles. The van der Waals surface area contributed by atoms with Gasteiger partial charge in [-0.1, -0.05) is 61.8 Å². The normalized spacial score (nSPS) is 12.6. The van der Waals surface area contributed by atoms with Crippen LogP contribution in [-0.2, 0) is 26.2 Å². The number of rotatable bonds is 14. The fraction of sp³-hybridized carbons (Fsp3) is 0.355. The minimum atomic E-state index is -4.22. The predicted octanol–water partition coefficient (Wildman–Crippen LogP) is 5.27. The molecule has 2 atom stereocenters. The maximum atomic E-state index is 14.2. The SMILES string of the molecule is CC[C@H](C(=O)N[C@@H](C)CC)N(Cc1ccccc1Cl)C(=O)CN(c1ccc(OC)c(OC)c1)S(=O)(=O)c1ccccc1. The monoisotopic (exact) mass is 615 g/mol. The van der Waals surface area contributed by atoms with Crippen molar-refractivity contribution in [3.8, 4) is 11.5 Å². The Morgan fingerprint density at radius 3 is 2.14 bits per heavy atom. The topological polar surface area (TPSA) is 105 Å². The Balaban J connectivity index is 2.11. The van der Waals surface area contributed by atoms with E-state index in [1.54, 1.807) is 61.5 Å². The molecule has 0 spiro atoms. The van der Waals surface area contributed by atoms with E-state index in [0.29, 0.717) is 34.9 Å². The van der Waals surface area contributed by atoms with Gasteiger partial charge in [-0.3, -0.25) is 13.9 Å². The van der Waals surface area contributed by atoms with Gasteiger partial charge in [-0.15, -0.1) is 0 Å². The van der Waals surface area contributed by atoms with Crippen molar-refractivity contribution < 1.29 is 27.5 Å². The van der Waals surface area contributed by atoms with E-state index >= 15 is 0 Å². The number of hydrogen-bond acceptors (Lipinski definition) is 6. The zero-order chi connectivity index (χ0) is 30.9. The number of sulfonamides is 1. The molecule has 0 aromatic heterocycles. The van der Waals surface area contributed by atoms with E-state index in [9.17, 15) is 18.0 Å². The highest BCUT2D eigenvalue weighted by molar-refractivity contribution is 7.92. The molecular weight excluding hydrogens is 578 g/mol. The van der Waals surface area contributed by atoms with Gasteiger partial charge in [-0.2, -0.15) is 0 Å². The highest BCUT2D eigenvalue weighted by atomic mass is 35.5. The first-order valence-corrected chi connectivity index (χ1v) is 15.5. The zero-order valence-electron chi connectivity index (χ0n) is 24.5. The molecule has 3 aromatic rings. The molecule has 1 N–H and O–H groups in total. The quantitative estimate of drug-likeness (QED) is 0.265. The molecule has 11 heteroatoms. The van der Waals surface area contributed by atoms with Gasteiger partial charge in [0.25, 0.3) is 10.0 Å². The number of halogens is 1. The second-order valence-electron chi connectivity index (χ2n) is 9.72. The molecule has 9 nitrogen and oxygen atoms in total. The number of benzene rings is 3. The van der Waals surface area contributed by atoms with E-state index in [1.807, 2.05) is 13.8 Å². The number of nitrogens with zero attached hydrogens (tertiary/aromatic N) is 2. The second-order valence-corrected chi connectivity index (χ2v) is 12.0. The number of amides is 2. The standard InChI is InChI=1S/C31H38ClN3O6S/c1-6-22(3)33-31(37)27(7-2)34(20-23-13-11-12-16-26(23)32)30(36)21-35(42(38,39)25-14-9-8-10-15-25)24-17-18-28(40-4)29(19-24)41-5/h8-19,22,27H,6-7,20-21H2,1-5H3,(H,33,37)/t22-,27+/m0/s1. The molecule has 3 aromatic carbocycles. The van der Waals surface area contributed by atoms with Crippen LogP contribution in [0.3, 0.4) is 0 Å². The van der Waals surface area contributed by atoms with Crippen LogP contribution in [0.1, 0.15) is 39.2 Å². The van der Waals surface area contributed by atoms with Crippen molar-refractivity contribution in [2.75, 3.05) is 25.1 Å². The maximum Gasteiger partial charge on any atom is 0.264 e. The third-order valence-electron chi connectivity index (χ3n) is 6.95. The van der Waals surface area contributed by atoms with E-state index in [1.165, 1.54) is 37.3 Å². The first-order valence-electron chi connectivity index (χ1n) is 13.7. The summed E-state index contributed by atoms with van der Waals surface area (Å²) in [7, 11) is -1.31. The van der Waals surface area contributed by atoms with Gasteiger partial charge in [0.15, 0.2) is 11.5 Å². The van der Waals surface area contributed by atoms with Gasteiger partial charge in [0, 0.05) is 23.7 Å². The summed E-state index contributed by atoms with van der Waals surface area (Å²) in [4.78, 5) is 29.0. The number of carbonyl (C=O) groups excluding carboxylic acids is 2. The second kappa shape index (κ2) is 14.9. The molecule has 0 radical (unpaired) electrons. The predicted molar refractivity (Wildman–Crippen MR) is 164 cm³/mol. The fourth-order valence-corrected chi connectivity index (χ4v) is 6.02. The summed E-state index contributed by atoms with van der Waals surface area (Å²) >= 11 is 6.45. The fourth-order valence-electron chi connectivity index (χ4n) is 4.40. The Labute approximate surface area is 253 Å². The molecular formula is C31H38ClN3O6S. The molecule has 0 heterocycles. The van der Waals surface area contributed by atoms with Crippen LogP contribution in [0.25, 0.3) is 0 Å². The third-order valence-corrected chi connectivity index (χ3v) is 9.11. The highest BCUT2D eigenvalue weighted by Gasteiger charge is 2.34. The number of nitrogens with one attached hydrogen (secondary N) is 1. The van der Waals surface area contributed by atoms with Gasteiger partial charge < -0.3 is 19.7 Å². The molecule has 0 saturated heterocycles. The van der Waals surface area contributed by atoms with Gasteiger partial charge in [0.05, 0.1) is 24.8 Å². The molecule has 226 valence electrons. The van der Waals surface area contributed by atoms with Crippen LogP contribution in [0.2, 0.25) is 5.02 Å². The molecule has 0 aliphatic rings. The lowest BCUT2D eigenvalue weighted by molar-refractivity contribution is -0.140. The van der Waals surface area contributed by atoms with E-state index in [4.69, 9.17) is 21.1 Å². The van der Waals surface area contributed by atoms with Crippen LogP contribution < -0.4 is 19.1 Å². The number of ether oxygens (including phenoxy) is 2. The highest BCUT2D eigenvalue weighted by Crippen LogP contribution is 2.34. The summed E-state index contributed by atoms with van der Waals surface area (Å²) in [6.07, 6.45) is 1.02. The van der Waals surface area contributed by atoms with Gasteiger partial charge >= 0.3 is 0 Å². The number of anilines is 1. The minimum absolute atomic E-state index is 0.00629. The van der Waals surface area contributed by atoms with Gasteiger partial charge in [-0.05, 0) is 55.7 Å². The minimum Gasteiger partial charge on any atom is -0.493 e. The van der Waals surface area contributed by atoms with Crippen molar-refractivity contribution in [1.82, 2.24) is 10.2 Å². The lowest BCUT2D eigenvalue weighted by Gasteiger charge is -2.34. The van der Waals surface area contributed by atoms with Crippen LogP contribution in [0.5, 0.6) is 11.5 Å². The van der Waals surface area contributed by atoms with Crippen LogP contribution in [0.4, 0.5) is 5.69 Å². The Hall–Kier alpha value is -3.76. The van der Waals surface area contributed by atoms with Crippen molar-refractivity contribution in [2.45, 2.75) is 57.1 Å². The first kappa shape index (κ1) is 32.8. The summed E-state index contributed by atoms with van der Waals surface area (Å²) in [5, 5.41) is 3.39. The molecule has 42 heavy (non-hydrogen) atoms. The summed E-state index contributed by atoms with van der Waals surface area (Å²) < 4.78 is 39.8.